The van der Waals surface area contributed by atoms with Crippen molar-refractivity contribution in [3.05, 3.63) is 12.7 Å². The molecule has 13 heavy (non-hydrogen) atoms. The van der Waals surface area contributed by atoms with Crippen molar-refractivity contribution in [1.29, 1.82) is 0 Å². The summed E-state index contributed by atoms with van der Waals surface area (Å²) in [5, 5.41) is 8.32. The van der Waals surface area contributed by atoms with Crippen molar-refractivity contribution in [3.8, 4) is 0 Å². The Morgan fingerprint density at radius 2 is 1.31 bits per heavy atom. The minimum atomic E-state index is -5.79. The lowest BCUT2D eigenvalue weighted by atomic mass is 9.98. The first-order valence-corrected chi connectivity index (χ1v) is 2.95. The second kappa shape index (κ2) is 3.21. The molecule has 0 aliphatic heterocycles. The second-order valence-electron chi connectivity index (χ2n) is 2.30. The summed E-state index contributed by atoms with van der Waals surface area (Å²) < 4.78 is 70.5. The first-order valence-electron chi connectivity index (χ1n) is 2.95. The van der Waals surface area contributed by atoms with Crippen LogP contribution in [0.1, 0.15) is 6.42 Å². The highest BCUT2D eigenvalue weighted by Crippen LogP contribution is 2.45. The molecule has 0 bridgehead atoms. The fraction of sp³-hybridized carbons (Fsp3) is 0.667. The molecule has 0 heterocycles. The summed E-state index contributed by atoms with van der Waals surface area (Å²) in [6, 6.07) is 0. The fourth-order valence-electron chi connectivity index (χ4n) is 0.563. The van der Waals surface area contributed by atoms with E-state index in [-0.39, 0.29) is 6.08 Å². The molecule has 0 saturated heterocycles. The molecule has 0 unspecified atom stereocenters. The monoisotopic (exact) mass is 207 g/mol. The van der Waals surface area contributed by atoms with E-state index in [9.17, 15) is 26.3 Å². The lowest BCUT2D eigenvalue weighted by Crippen LogP contribution is -2.56. The van der Waals surface area contributed by atoms with Crippen molar-refractivity contribution >= 4 is 0 Å². The standard InChI is InChI=1S/C6H5F6O/c1-2-3-4(13,5(7,8)9)6(10,11)12/h1-2,13H,3H2. The summed E-state index contributed by atoms with van der Waals surface area (Å²) >= 11 is 0. The summed E-state index contributed by atoms with van der Waals surface area (Å²) in [6.45, 7) is 4.42. The van der Waals surface area contributed by atoms with E-state index in [1.54, 1.807) is 0 Å². The zero-order valence-corrected chi connectivity index (χ0v) is 6.08. The van der Waals surface area contributed by atoms with Crippen LogP contribution in [0.4, 0.5) is 26.3 Å². The van der Waals surface area contributed by atoms with Gasteiger partial charge in [-0.15, -0.1) is 0 Å². The smallest absolute Gasteiger partial charge is 0.373 e. The van der Waals surface area contributed by atoms with Crippen LogP contribution in [0.2, 0.25) is 0 Å². The first kappa shape index (κ1) is 12.3. The van der Waals surface area contributed by atoms with Crippen LogP contribution in [0.25, 0.3) is 0 Å². The second-order valence-corrected chi connectivity index (χ2v) is 2.30. The molecule has 1 nitrogen and oxygen atoms in total. The Bertz CT molecular complexity index is 176. The highest BCUT2D eigenvalue weighted by Gasteiger charge is 2.69. The van der Waals surface area contributed by atoms with Gasteiger partial charge in [0.2, 0.25) is 0 Å². The van der Waals surface area contributed by atoms with Crippen molar-refractivity contribution in [2.24, 2.45) is 0 Å². The lowest BCUT2D eigenvalue weighted by Gasteiger charge is -2.31. The van der Waals surface area contributed by atoms with Gasteiger partial charge in [-0.25, -0.2) is 0 Å². The molecule has 0 spiro atoms. The molecule has 0 fully saturated rings. The van der Waals surface area contributed by atoms with E-state index in [0.717, 1.165) is 0 Å². The highest BCUT2D eigenvalue weighted by molar-refractivity contribution is 4.97. The van der Waals surface area contributed by atoms with Crippen LogP contribution < -0.4 is 0 Å². The molecular formula is C6H5F6O. The van der Waals surface area contributed by atoms with Gasteiger partial charge < -0.3 is 5.11 Å². The summed E-state index contributed by atoms with van der Waals surface area (Å²) in [5.74, 6) is 0. The Kier molecular flexibility index (Phi) is 3.03. The average Bonchev–Trinajstić information content (AvgIpc) is 1.82. The van der Waals surface area contributed by atoms with Crippen molar-refractivity contribution in [1.82, 2.24) is 0 Å². The largest absolute Gasteiger partial charge is 0.426 e. The van der Waals surface area contributed by atoms with Gasteiger partial charge in [-0.1, -0.05) is 12.7 Å². The molecule has 0 amide bonds. The number of halogens is 6. The Labute approximate surface area is 69.7 Å². The number of hydrogen-bond acceptors (Lipinski definition) is 1. The van der Waals surface area contributed by atoms with E-state index < -0.39 is 24.4 Å². The predicted octanol–water partition coefficient (Wildman–Crippen LogP) is 2.22. The molecule has 0 aromatic rings. The van der Waals surface area contributed by atoms with Crippen molar-refractivity contribution in [2.75, 3.05) is 0 Å². The van der Waals surface area contributed by atoms with Crippen LogP contribution in [-0.4, -0.2) is 23.1 Å². The summed E-state index contributed by atoms with van der Waals surface area (Å²) in [6.07, 6.45) is -13.2. The van der Waals surface area contributed by atoms with E-state index >= 15 is 0 Å². The zero-order chi connectivity index (χ0) is 10.9. The summed E-state index contributed by atoms with van der Waals surface area (Å²) in [5.41, 5.74) is -4.76. The number of hydrogen-bond donors (Lipinski definition) is 1. The Morgan fingerprint density at radius 3 is 1.38 bits per heavy atom. The quantitative estimate of drug-likeness (QED) is 0.688. The van der Waals surface area contributed by atoms with Crippen molar-refractivity contribution < 1.29 is 31.4 Å². The molecule has 1 N–H and O–H groups in total. The molecule has 0 atom stereocenters. The highest BCUT2D eigenvalue weighted by atomic mass is 19.4. The maximum absolute atomic E-state index is 11.7. The SMILES string of the molecule is [CH]=CCC(O)(C(F)(F)F)C(F)(F)F. The first-order chi connectivity index (χ1) is 5.56. The Morgan fingerprint density at radius 1 is 1.00 bits per heavy atom. The minimum Gasteiger partial charge on any atom is -0.373 e. The molecule has 0 aromatic carbocycles. The van der Waals surface area contributed by atoms with Crippen LogP contribution in [0, 0.1) is 6.58 Å². The van der Waals surface area contributed by atoms with Crippen molar-refractivity contribution in [2.45, 2.75) is 24.4 Å². The molecule has 0 rings (SSSR count). The third kappa shape index (κ3) is 2.15. The normalized spacial score (nSPS) is 14.4. The molecule has 0 aromatic heterocycles. The van der Waals surface area contributed by atoms with Crippen LogP contribution in [0.3, 0.4) is 0 Å². The van der Waals surface area contributed by atoms with Gasteiger partial charge in [0.25, 0.3) is 5.60 Å². The maximum atomic E-state index is 11.7. The van der Waals surface area contributed by atoms with Gasteiger partial charge in [0.15, 0.2) is 0 Å². The molecule has 1 radical (unpaired) electrons. The number of rotatable bonds is 2. The van der Waals surface area contributed by atoms with Crippen LogP contribution >= 0.6 is 0 Å². The predicted molar refractivity (Wildman–Crippen MR) is 30.5 cm³/mol. The van der Waals surface area contributed by atoms with E-state index in [1.807, 2.05) is 0 Å². The van der Waals surface area contributed by atoms with E-state index in [1.165, 1.54) is 0 Å². The summed E-state index contributed by atoms with van der Waals surface area (Å²) in [4.78, 5) is 0. The van der Waals surface area contributed by atoms with Gasteiger partial charge in [0, 0.05) is 6.42 Å². The van der Waals surface area contributed by atoms with E-state index in [4.69, 9.17) is 5.11 Å². The third-order valence-electron chi connectivity index (χ3n) is 1.35. The summed E-state index contributed by atoms with van der Waals surface area (Å²) in [7, 11) is 0. The molecule has 0 aliphatic carbocycles. The third-order valence-corrected chi connectivity index (χ3v) is 1.35. The minimum absolute atomic E-state index is 0.112. The van der Waals surface area contributed by atoms with Gasteiger partial charge in [0.05, 0.1) is 0 Å². The molecule has 0 saturated carbocycles. The van der Waals surface area contributed by atoms with Gasteiger partial charge in [-0.2, -0.15) is 26.3 Å². The molecule has 77 valence electrons. The molecule has 7 heteroatoms. The van der Waals surface area contributed by atoms with Gasteiger partial charge >= 0.3 is 12.4 Å². The van der Waals surface area contributed by atoms with Gasteiger partial charge in [-0.05, 0) is 0 Å². The van der Waals surface area contributed by atoms with Crippen molar-refractivity contribution in [3.63, 3.8) is 0 Å². The van der Waals surface area contributed by atoms with Crippen LogP contribution in [-0.2, 0) is 0 Å². The topological polar surface area (TPSA) is 20.2 Å². The average molecular weight is 207 g/mol. The maximum Gasteiger partial charge on any atom is 0.426 e. The number of alkyl halides is 6. The van der Waals surface area contributed by atoms with Gasteiger partial charge in [0.1, 0.15) is 0 Å². The zero-order valence-electron chi connectivity index (χ0n) is 6.08. The van der Waals surface area contributed by atoms with Crippen LogP contribution in [0.15, 0.2) is 6.08 Å². The molecule has 0 aliphatic rings. The Balaban J connectivity index is 5.07. The molecular weight excluding hydrogens is 202 g/mol. The fourth-order valence-corrected chi connectivity index (χ4v) is 0.563. The van der Waals surface area contributed by atoms with E-state index in [0.29, 0.717) is 0 Å². The van der Waals surface area contributed by atoms with Crippen LogP contribution in [0.5, 0.6) is 0 Å². The lowest BCUT2D eigenvalue weighted by molar-refractivity contribution is -0.366. The van der Waals surface area contributed by atoms with Gasteiger partial charge in [-0.3, -0.25) is 0 Å². The van der Waals surface area contributed by atoms with E-state index in [2.05, 4.69) is 6.58 Å². The Hall–Kier alpha value is -0.720. The number of aliphatic hydroxyl groups is 1.